The highest BCUT2D eigenvalue weighted by Crippen LogP contribution is 2.26. The van der Waals surface area contributed by atoms with Gasteiger partial charge in [0.1, 0.15) is 5.75 Å². The second-order valence-corrected chi connectivity index (χ2v) is 6.62. The van der Waals surface area contributed by atoms with Gasteiger partial charge in [-0.3, -0.25) is 4.98 Å². The molecule has 0 saturated carbocycles. The second kappa shape index (κ2) is 6.52. The average molecular weight is 351 g/mol. The number of pyridine rings is 1. The quantitative estimate of drug-likeness (QED) is 0.551. The van der Waals surface area contributed by atoms with E-state index in [1.807, 2.05) is 48.2 Å². The van der Waals surface area contributed by atoms with E-state index in [-0.39, 0.29) is 0 Å². The molecule has 0 unspecified atom stereocenters. The Balaban J connectivity index is 1.53. The van der Waals surface area contributed by atoms with Crippen LogP contribution in [0.2, 0.25) is 0 Å². The molecule has 1 aromatic carbocycles. The number of imidazole rings is 1. The lowest BCUT2D eigenvalue weighted by Crippen LogP contribution is -2.16. The summed E-state index contributed by atoms with van der Waals surface area (Å²) in [5, 5.41) is 5.57. The number of nitrogens with zero attached hydrogens (tertiary/aromatic N) is 5. The summed E-state index contributed by atoms with van der Waals surface area (Å²) >= 11 is 1.57. The first-order valence-electron chi connectivity index (χ1n) is 7.83. The standard InChI is InChI=1S/C18H17N5OS/c1-22(11-13-5-7-15(24-2)8-6-13)18-21-23-12-16(20-17(23)25-18)14-4-3-9-19-10-14/h3-10,12H,11H2,1-2H3. The zero-order valence-corrected chi connectivity index (χ0v) is 14.8. The number of aromatic nitrogens is 4. The number of rotatable bonds is 5. The van der Waals surface area contributed by atoms with Crippen molar-refractivity contribution in [3.8, 4) is 17.0 Å². The molecule has 0 aliphatic carbocycles. The number of ether oxygens (including phenoxy) is 1. The first kappa shape index (κ1) is 15.6. The van der Waals surface area contributed by atoms with Crippen molar-refractivity contribution in [1.29, 1.82) is 0 Å². The molecule has 4 rings (SSSR count). The lowest BCUT2D eigenvalue weighted by molar-refractivity contribution is 0.414. The smallest absolute Gasteiger partial charge is 0.214 e. The summed E-state index contributed by atoms with van der Waals surface area (Å²) in [4.78, 5) is 11.8. The van der Waals surface area contributed by atoms with Gasteiger partial charge in [-0.25, -0.2) is 9.50 Å². The lowest BCUT2D eigenvalue weighted by Gasteiger charge is -2.15. The molecule has 6 nitrogen and oxygen atoms in total. The van der Waals surface area contributed by atoms with Crippen molar-refractivity contribution in [3.63, 3.8) is 0 Å². The average Bonchev–Trinajstić information content (AvgIpc) is 3.22. The number of benzene rings is 1. The van der Waals surface area contributed by atoms with E-state index in [1.165, 1.54) is 5.56 Å². The number of methoxy groups -OCH3 is 1. The van der Waals surface area contributed by atoms with Crippen molar-refractivity contribution >= 4 is 21.4 Å². The Kier molecular flexibility index (Phi) is 4.07. The Hall–Kier alpha value is -2.93. The molecule has 0 aliphatic heterocycles. The zero-order valence-electron chi connectivity index (χ0n) is 14.0. The molecule has 0 bridgehead atoms. The van der Waals surface area contributed by atoms with E-state index in [2.05, 4.69) is 32.1 Å². The minimum atomic E-state index is 0.774. The van der Waals surface area contributed by atoms with Gasteiger partial charge in [-0.05, 0) is 29.8 Å². The fourth-order valence-electron chi connectivity index (χ4n) is 2.57. The van der Waals surface area contributed by atoms with Crippen molar-refractivity contribution in [2.45, 2.75) is 6.54 Å². The molecule has 126 valence electrons. The van der Waals surface area contributed by atoms with Crippen LogP contribution in [0.5, 0.6) is 5.75 Å². The maximum Gasteiger partial charge on any atom is 0.214 e. The molecule has 7 heteroatoms. The Morgan fingerprint density at radius 1 is 1.20 bits per heavy atom. The number of hydrogen-bond acceptors (Lipinski definition) is 6. The first-order valence-corrected chi connectivity index (χ1v) is 8.65. The monoisotopic (exact) mass is 351 g/mol. The Labute approximate surface area is 149 Å². The van der Waals surface area contributed by atoms with Crippen LogP contribution >= 0.6 is 11.3 Å². The van der Waals surface area contributed by atoms with Gasteiger partial charge in [0, 0.05) is 31.5 Å². The molecule has 0 fully saturated rings. The first-order chi connectivity index (χ1) is 12.2. The predicted octanol–water partition coefficient (Wildman–Crippen LogP) is 3.50. The van der Waals surface area contributed by atoms with Crippen LogP contribution < -0.4 is 9.64 Å². The molecule has 0 amide bonds. The Bertz CT molecular complexity index is 946. The zero-order chi connectivity index (χ0) is 17.2. The van der Waals surface area contributed by atoms with E-state index in [0.717, 1.165) is 33.6 Å². The van der Waals surface area contributed by atoms with Gasteiger partial charge in [0.25, 0.3) is 0 Å². The molecule has 0 radical (unpaired) electrons. The molecule has 3 aromatic heterocycles. The molecule has 0 atom stereocenters. The van der Waals surface area contributed by atoms with Crippen LogP contribution in [0.4, 0.5) is 5.13 Å². The van der Waals surface area contributed by atoms with Gasteiger partial charge in [-0.2, -0.15) is 0 Å². The van der Waals surface area contributed by atoms with Gasteiger partial charge < -0.3 is 9.64 Å². The predicted molar refractivity (Wildman–Crippen MR) is 99.2 cm³/mol. The number of fused-ring (bicyclic) bond motifs is 1. The third-order valence-electron chi connectivity index (χ3n) is 3.90. The van der Waals surface area contributed by atoms with Crippen molar-refractivity contribution < 1.29 is 4.74 Å². The SMILES string of the molecule is COc1ccc(CN(C)c2nn3cc(-c4cccnc4)nc3s2)cc1. The van der Waals surface area contributed by atoms with E-state index in [0.29, 0.717) is 0 Å². The third kappa shape index (κ3) is 3.18. The van der Waals surface area contributed by atoms with Crippen LogP contribution in [0.25, 0.3) is 16.2 Å². The molecule has 0 aliphatic rings. The topological polar surface area (TPSA) is 55.5 Å². The molecule has 0 saturated heterocycles. The summed E-state index contributed by atoms with van der Waals surface area (Å²) in [5.41, 5.74) is 3.08. The summed E-state index contributed by atoms with van der Waals surface area (Å²) in [6, 6.07) is 12.0. The van der Waals surface area contributed by atoms with Crippen molar-refractivity contribution in [3.05, 3.63) is 60.6 Å². The van der Waals surface area contributed by atoms with E-state index in [4.69, 9.17) is 4.74 Å². The highest BCUT2D eigenvalue weighted by atomic mass is 32.1. The van der Waals surface area contributed by atoms with Crippen LogP contribution in [-0.2, 0) is 6.54 Å². The number of hydrogen-bond donors (Lipinski definition) is 0. The van der Waals surface area contributed by atoms with Crippen molar-refractivity contribution in [2.75, 3.05) is 19.1 Å². The van der Waals surface area contributed by atoms with Crippen LogP contribution in [0, 0.1) is 0 Å². The van der Waals surface area contributed by atoms with E-state index in [9.17, 15) is 0 Å². The Morgan fingerprint density at radius 2 is 2.04 bits per heavy atom. The van der Waals surface area contributed by atoms with Gasteiger partial charge in [-0.1, -0.05) is 23.5 Å². The molecule has 0 spiro atoms. The van der Waals surface area contributed by atoms with Gasteiger partial charge in [0.2, 0.25) is 10.1 Å². The van der Waals surface area contributed by atoms with E-state index >= 15 is 0 Å². The fraction of sp³-hybridized carbons (Fsp3) is 0.167. The van der Waals surface area contributed by atoms with E-state index < -0.39 is 0 Å². The lowest BCUT2D eigenvalue weighted by atomic mass is 10.2. The molecule has 3 heterocycles. The maximum absolute atomic E-state index is 5.20. The van der Waals surface area contributed by atoms with Crippen LogP contribution in [-0.4, -0.2) is 33.7 Å². The summed E-state index contributed by atoms with van der Waals surface area (Å²) in [6.07, 6.45) is 5.50. The molecular weight excluding hydrogens is 334 g/mol. The minimum Gasteiger partial charge on any atom is -0.497 e. The molecule has 0 N–H and O–H groups in total. The second-order valence-electron chi connectivity index (χ2n) is 5.68. The molecule has 4 aromatic rings. The summed E-state index contributed by atoms with van der Waals surface area (Å²) in [5.74, 6) is 0.863. The normalized spacial score (nSPS) is 11.0. The Morgan fingerprint density at radius 3 is 2.72 bits per heavy atom. The summed E-state index contributed by atoms with van der Waals surface area (Å²) < 4.78 is 7.02. The largest absolute Gasteiger partial charge is 0.497 e. The van der Waals surface area contributed by atoms with Gasteiger partial charge >= 0.3 is 0 Å². The highest BCUT2D eigenvalue weighted by molar-refractivity contribution is 7.20. The van der Waals surface area contributed by atoms with Gasteiger partial charge in [0.05, 0.1) is 19.0 Å². The summed E-state index contributed by atoms with van der Waals surface area (Å²) in [7, 11) is 3.71. The third-order valence-corrected chi connectivity index (χ3v) is 4.93. The summed E-state index contributed by atoms with van der Waals surface area (Å²) in [6.45, 7) is 0.774. The van der Waals surface area contributed by atoms with Gasteiger partial charge in [0.15, 0.2) is 0 Å². The van der Waals surface area contributed by atoms with Crippen LogP contribution in [0.15, 0.2) is 55.0 Å². The van der Waals surface area contributed by atoms with E-state index in [1.54, 1.807) is 24.6 Å². The minimum absolute atomic E-state index is 0.774. The van der Waals surface area contributed by atoms with Gasteiger partial charge in [-0.15, -0.1) is 5.10 Å². The van der Waals surface area contributed by atoms with Crippen molar-refractivity contribution in [2.24, 2.45) is 0 Å². The van der Waals surface area contributed by atoms with Crippen LogP contribution in [0.1, 0.15) is 5.56 Å². The van der Waals surface area contributed by atoms with Crippen LogP contribution in [0.3, 0.4) is 0 Å². The maximum atomic E-state index is 5.20. The molecular formula is C18H17N5OS. The molecule has 25 heavy (non-hydrogen) atoms. The number of anilines is 1. The highest BCUT2D eigenvalue weighted by Gasteiger charge is 2.13. The fourth-order valence-corrected chi connectivity index (χ4v) is 3.41. The van der Waals surface area contributed by atoms with Crippen molar-refractivity contribution in [1.82, 2.24) is 19.6 Å².